The minimum atomic E-state index is -0.789. The predicted octanol–water partition coefficient (Wildman–Crippen LogP) is 13.7. The van der Waals surface area contributed by atoms with Crippen LogP contribution in [0, 0.1) is 0 Å². The lowest BCUT2D eigenvalue weighted by Gasteiger charge is -2.18. The number of hydrogen-bond acceptors (Lipinski definition) is 1. The van der Waals surface area contributed by atoms with Gasteiger partial charge in [0.25, 0.3) is 0 Å². The second kappa shape index (κ2) is 11.1. The highest BCUT2D eigenvalue weighted by molar-refractivity contribution is 6.22. The van der Waals surface area contributed by atoms with Crippen LogP contribution in [0.2, 0.25) is 0 Å². The number of para-hydroxylation sites is 2. The summed E-state index contributed by atoms with van der Waals surface area (Å²) in [6.45, 7) is 0. The molecule has 1 nitrogen and oxygen atoms in total. The molecule has 10 rings (SSSR count). The van der Waals surface area contributed by atoms with Crippen LogP contribution >= 0.6 is 0 Å². The topological polar surface area (TPSA) is 13.1 Å². The van der Waals surface area contributed by atoms with E-state index in [4.69, 9.17) is 30.5 Å². The molecular weight excluding hydrogens is 593 g/mol. The first kappa shape index (κ1) is 13.2. The molecule has 0 aliphatic heterocycles. The van der Waals surface area contributed by atoms with Gasteiger partial charge in [-0.15, -0.1) is 0 Å². The van der Waals surface area contributed by atoms with Gasteiger partial charge in [0, 0.05) is 21.9 Å². The molecule has 0 unspecified atom stereocenters. The maximum atomic E-state index is 9.28. The molecule has 0 bridgehead atoms. The number of fused-ring (bicyclic) bond motifs is 6. The van der Waals surface area contributed by atoms with Gasteiger partial charge in [0.2, 0.25) is 0 Å². The maximum absolute atomic E-state index is 9.28. The molecule has 0 aliphatic rings. The Labute approximate surface area is 316 Å². The Balaban J connectivity index is 1.27. The van der Waals surface area contributed by atoms with Crippen molar-refractivity contribution in [3.8, 4) is 44.5 Å². The zero-order chi connectivity index (χ0) is 52.3. The third-order valence-corrected chi connectivity index (χ3v) is 8.48. The third kappa shape index (κ3) is 4.40. The van der Waals surface area contributed by atoms with Crippen LogP contribution in [0.3, 0.4) is 0 Å². The second-order valence-electron chi connectivity index (χ2n) is 11.1. The summed E-state index contributed by atoms with van der Waals surface area (Å²) >= 11 is 0. The quantitative estimate of drug-likeness (QED) is 0.174. The molecule has 228 valence electrons. The van der Waals surface area contributed by atoms with Crippen molar-refractivity contribution in [2.45, 2.75) is 0 Å². The van der Waals surface area contributed by atoms with Crippen molar-refractivity contribution >= 4 is 54.3 Å². The molecule has 0 radical (unpaired) electrons. The monoisotopic (exact) mass is 645 g/mol. The van der Waals surface area contributed by atoms with E-state index in [9.17, 15) is 5.48 Å². The van der Waals surface area contributed by atoms with E-state index in [0.717, 1.165) is 0 Å². The zero-order valence-electron chi connectivity index (χ0n) is 47.9. The lowest BCUT2D eigenvalue weighted by atomic mass is 9.85. The molecule has 0 atom stereocenters. The Bertz CT molecular complexity index is 4060. The zero-order valence-corrected chi connectivity index (χ0v) is 24.9. The lowest BCUT2D eigenvalue weighted by Crippen LogP contribution is -1.90. The summed E-state index contributed by atoms with van der Waals surface area (Å²) in [5.41, 5.74) is -1.70. The molecular formula is C48H30O. The molecule has 0 spiro atoms. The van der Waals surface area contributed by atoms with Gasteiger partial charge >= 0.3 is 0 Å². The van der Waals surface area contributed by atoms with E-state index in [1.165, 1.54) is 12.1 Å². The minimum Gasteiger partial charge on any atom is -0.455 e. The highest BCUT2D eigenvalue weighted by Gasteiger charge is 2.18. The van der Waals surface area contributed by atoms with Crippen LogP contribution in [0.4, 0.5) is 0 Å². The average molecular weight is 646 g/mol. The van der Waals surface area contributed by atoms with Gasteiger partial charge in [-0.3, -0.25) is 0 Å². The minimum absolute atomic E-state index is 0.0244. The first-order chi connectivity index (χ1) is 33.8. The summed E-state index contributed by atoms with van der Waals surface area (Å²) < 4.78 is 208. The molecule has 0 amide bonds. The molecule has 1 heterocycles. The van der Waals surface area contributed by atoms with Crippen LogP contribution in [0.5, 0.6) is 0 Å². The molecule has 0 fully saturated rings. The maximum Gasteiger partial charge on any atom is 0.143 e. The number of hydrogen-bond donors (Lipinski definition) is 0. The van der Waals surface area contributed by atoms with Crippen LogP contribution in [-0.4, -0.2) is 0 Å². The molecule has 0 saturated carbocycles. The van der Waals surface area contributed by atoms with E-state index < -0.39 is 144 Å². The largest absolute Gasteiger partial charge is 0.455 e. The molecule has 1 heteroatoms. The Morgan fingerprint density at radius 1 is 0.327 bits per heavy atom. The number of furan rings is 1. The van der Waals surface area contributed by atoms with Crippen molar-refractivity contribution in [1.82, 2.24) is 0 Å². The van der Waals surface area contributed by atoms with Gasteiger partial charge in [0.15, 0.2) is 0 Å². The van der Waals surface area contributed by atoms with E-state index >= 15 is 0 Å². The van der Waals surface area contributed by atoms with Crippen LogP contribution in [0.15, 0.2) is 186 Å². The summed E-state index contributed by atoms with van der Waals surface area (Å²) in [4.78, 5) is 0. The van der Waals surface area contributed by atoms with Gasteiger partial charge in [-0.05, 0) is 77.8 Å². The molecule has 10 aromatic rings. The van der Waals surface area contributed by atoms with Crippen molar-refractivity contribution in [3.63, 3.8) is 0 Å². The molecule has 0 aliphatic carbocycles. The first-order valence-corrected chi connectivity index (χ1v) is 15.0. The standard InChI is InChI=1S/C48H30O/c1-3-13-31(14-4-1)37-21-11-23-43-44-24-12-22-38(48(44)49-47(37)43)35-27-25-34-30-36(28-26-33(34)29-35)46-41-19-9-7-17-39(41)45(32-15-5-2-6-16-32)40-18-8-10-20-42(40)46/h1-30H/i1D,2D,3D,4D,5D,6D,7D,8D,9D,10D,11D,12D,13D,14D,15D,16D,17D,18D,19D,20D,21D,22D,23D. The van der Waals surface area contributed by atoms with Crippen molar-refractivity contribution in [3.05, 3.63) is 181 Å². The summed E-state index contributed by atoms with van der Waals surface area (Å²) in [6, 6.07) is -4.77. The predicted molar refractivity (Wildman–Crippen MR) is 208 cm³/mol. The number of rotatable bonds is 4. The van der Waals surface area contributed by atoms with Crippen molar-refractivity contribution in [1.29, 1.82) is 0 Å². The van der Waals surface area contributed by atoms with Crippen LogP contribution < -0.4 is 0 Å². The second-order valence-corrected chi connectivity index (χ2v) is 11.1. The van der Waals surface area contributed by atoms with E-state index in [-0.39, 0.29) is 83.4 Å². The SMILES string of the molecule is [2H]c1cc2c(oc3c(-c4c([2H])c([2H])c([2H])c([2H])c4[2H])c([2H])c([2H])c([2H])c32)c(-c2ccc3cc(-c4c5c([2H])c([2H])c([2H])c([2H])c5c(-c5c([2H])c([2H])c([2H])c([2H])c5[2H])c5c([2H])c([2H])c([2H])c([2H])c45)ccc3c2)c1[2H]. The Morgan fingerprint density at radius 3 is 1.45 bits per heavy atom. The van der Waals surface area contributed by atoms with Crippen LogP contribution in [-0.2, 0) is 0 Å². The van der Waals surface area contributed by atoms with Gasteiger partial charge in [-0.25, -0.2) is 0 Å². The fraction of sp³-hybridized carbons (Fsp3) is 0. The van der Waals surface area contributed by atoms with Gasteiger partial charge in [0.05, 0.1) is 31.5 Å². The van der Waals surface area contributed by atoms with Gasteiger partial charge in [0.1, 0.15) is 11.2 Å². The highest BCUT2D eigenvalue weighted by atomic mass is 16.3. The van der Waals surface area contributed by atoms with Crippen molar-refractivity contribution < 1.29 is 35.9 Å². The summed E-state index contributed by atoms with van der Waals surface area (Å²) in [5.74, 6) is 0. The Hall–Kier alpha value is -6.44. The molecule has 0 saturated heterocycles. The Kier molecular flexibility index (Phi) is 2.99. The fourth-order valence-corrected chi connectivity index (χ4v) is 6.37. The smallest absolute Gasteiger partial charge is 0.143 e. The van der Waals surface area contributed by atoms with E-state index in [2.05, 4.69) is 0 Å². The van der Waals surface area contributed by atoms with Crippen molar-refractivity contribution in [2.75, 3.05) is 0 Å². The molecule has 0 N–H and O–H groups in total. The average Bonchev–Trinajstić information content (AvgIpc) is 3.73. The van der Waals surface area contributed by atoms with Crippen LogP contribution in [0.1, 0.15) is 31.5 Å². The van der Waals surface area contributed by atoms with E-state index in [1.54, 1.807) is 30.3 Å². The normalized spacial score (nSPS) is 18.2. The summed E-state index contributed by atoms with van der Waals surface area (Å²) in [6.07, 6.45) is 0. The molecule has 49 heavy (non-hydrogen) atoms. The van der Waals surface area contributed by atoms with Gasteiger partial charge < -0.3 is 4.42 Å². The summed E-state index contributed by atoms with van der Waals surface area (Å²) in [5, 5.41) is -0.377. The van der Waals surface area contributed by atoms with E-state index in [1.807, 2.05) is 0 Å². The first-order valence-electron chi connectivity index (χ1n) is 26.5. The van der Waals surface area contributed by atoms with Crippen molar-refractivity contribution in [2.24, 2.45) is 0 Å². The highest BCUT2D eigenvalue weighted by Crippen LogP contribution is 2.45. The van der Waals surface area contributed by atoms with Gasteiger partial charge in [-0.1, -0.05) is 169 Å². The third-order valence-electron chi connectivity index (χ3n) is 8.48. The molecule has 1 aromatic heterocycles. The molecule has 9 aromatic carbocycles. The van der Waals surface area contributed by atoms with Crippen LogP contribution in [0.25, 0.3) is 98.8 Å². The number of benzene rings is 9. The summed E-state index contributed by atoms with van der Waals surface area (Å²) in [7, 11) is 0. The Morgan fingerprint density at radius 2 is 0.796 bits per heavy atom. The fourth-order valence-electron chi connectivity index (χ4n) is 6.37. The lowest BCUT2D eigenvalue weighted by molar-refractivity contribution is 0.671. The van der Waals surface area contributed by atoms with Gasteiger partial charge in [-0.2, -0.15) is 0 Å². The van der Waals surface area contributed by atoms with E-state index in [0.29, 0.717) is 10.8 Å².